The van der Waals surface area contributed by atoms with Crippen LogP contribution in [0.15, 0.2) is 17.1 Å². The zero-order valence-corrected chi connectivity index (χ0v) is 11.9. The molecule has 0 unspecified atom stereocenters. The summed E-state index contributed by atoms with van der Waals surface area (Å²) in [6, 6.07) is 2.32. The number of benzene rings is 1. The van der Waals surface area contributed by atoms with Gasteiger partial charge in [-0.25, -0.2) is 9.18 Å². The van der Waals surface area contributed by atoms with Crippen molar-refractivity contribution in [3.05, 3.63) is 23.5 Å². The van der Waals surface area contributed by atoms with Crippen molar-refractivity contribution < 1.29 is 23.8 Å². The third-order valence-corrected chi connectivity index (χ3v) is 2.99. The third-order valence-electron chi connectivity index (χ3n) is 2.31. The first-order valence-electron chi connectivity index (χ1n) is 5.31. The second-order valence-corrected chi connectivity index (χ2v) is 4.27. The van der Waals surface area contributed by atoms with Gasteiger partial charge in [0.05, 0.1) is 19.9 Å². The number of phenolic OH excluding ortho intramolecular Hbond substituents is 1. The smallest absolute Gasteiger partial charge is 0.434 e. The molecule has 0 aromatic heterocycles. The third kappa shape index (κ3) is 3.47. The largest absolute Gasteiger partial charge is 0.505 e. The Morgan fingerprint density at radius 2 is 2.10 bits per heavy atom. The highest BCUT2D eigenvalue weighted by molar-refractivity contribution is 8.15. The van der Waals surface area contributed by atoms with Crippen molar-refractivity contribution in [1.82, 2.24) is 0 Å². The van der Waals surface area contributed by atoms with Gasteiger partial charge in [-0.15, -0.1) is 11.8 Å². The van der Waals surface area contributed by atoms with Crippen molar-refractivity contribution in [3.63, 3.8) is 0 Å². The summed E-state index contributed by atoms with van der Waals surface area (Å²) in [5.41, 5.74) is -0.576. The lowest BCUT2D eigenvalue weighted by atomic mass is 10.1. The van der Waals surface area contributed by atoms with Gasteiger partial charge in [-0.05, 0) is 12.3 Å². The van der Waals surface area contributed by atoms with E-state index < -0.39 is 17.7 Å². The number of ether oxygens (including phenoxy) is 2. The fraction of sp³-hybridized carbons (Fsp3) is 0.250. The molecule has 1 rings (SSSR count). The summed E-state index contributed by atoms with van der Waals surface area (Å²) in [5.74, 6) is -1.45. The topological polar surface area (TPSA) is 92.0 Å². The molecule has 0 spiro atoms. The zero-order chi connectivity index (χ0) is 15.3. The fourth-order valence-electron chi connectivity index (χ4n) is 1.33. The first kappa shape index (κ1) is 16.0. The van der Waals surface area contributed by atoms with Crippen molar-refractivity contribution in [2.24, 2.45) is 4.99 Å². The van der Waals surface area contributed by atoms with E-state index >= 15 is 0 Å². The van der Waals surface area contributed by atoms with Crippen LogP contribution in [0.1, 0.15) is 5.56 Å². The van der Waals surface area contributed by atoms with Crippen LogP contribution >= 0.6 is 11.8 Å². The lowest BCUT2D eigenvalue weighted by Crippen LogP contribution is -2.15. The van der Waals surface area contributed by atoms with E-state index in [9.17, 15) is 14.3 Å². The SMILES string of the molecule is COC(=O)/N=C(\SC)C(=N)c1cc(OC)cc(O)c1F. The van der Waals surface area contributed by atoms with Crippen molar-refractivity contribution in [2.75, 3.05) is 20.5 Å². The number of phenols is 1. The van der Waals surface area contributed by atoms with Gasteiger partial charge in [0.1, 0.15) is 10.8 Å². The molecule has 0 aliphatic carbocycles. The first-order valence-corrected chi connectivity index (χ1v) is 6.53. The maximum atomic E-state index is 13.9. The molecule has 0 aliphatic heterocycles. The molecule has 0 radical (unpaired) electrons. The quantitative estimate of drug-likeness (QED) is 0.660. The van der Waals surface area contributed by atoms with Gasteiger partial charge in [0.15, 0.2) is 11.6 Å². The van der Waals surface area contributed by atoms with Crippen LogP contribution in [-0.2, 0) is 4.74 Å². The number of carbonyl (C=O) groups excluding carboxylic acids is 1. The Kier molecular flexibility index (Phi) is 5.51. The Bertz CT molecular complexity index is 575. The second kappa shape index (κ2) is 6.90. The maximum Gasteiger partial charge on any atom is 0.434 e. The molecule has 0 saturated heterocycles. The molecule has 1 aromatic rings. The molecule has 2 N–H and O–H groups in total. The van der Waals surface area contributed by atoms with Gasteiger partial charge < -0.3 is 14.6 Å². The molecule has 0 atom stereocenters. The average Bonchev–Trinajstić information content (AvgIpc) is 2.46. The molecule has 6 nitrogen and oxygen atoms in total. The van der Waals surface area contributed by atoms with E-state index in [0.29, 0.717) is 0 Å². The Labute approximate surface area is 119 Å². The highest BCUT2D eigenvalue weighted by atomic mass is 32.2. The molecule has 0 bridgehead atoms. The molecular formula is C12H13FN2O4S. The van der Waals surface area contributed by atoms with Crippen molar-refractivity contribution >= 4 is 28.6 Å². The molecular weight excluding hydrogens is 287 g/mol. The predicted octanol–water partition coefficient (Wildman–Crippen LogP) is 2.44. The van der Waals surface area contributed by atoms with Gasteiger partial charge in [0, 0.05) is 11.6 Å². The van der Waals surface area contributed by atoms with Crippen LogP contribution in [0.5, 0.6) is 11.5 Å². The Morgan fingerprint density at radius 3 is 2.60 bits per heavy atom. The Hall–Kier alpha value is -2.09. The maximum absolute atomic E-state index is 13.9. The van der Waals surface area contributed by atoms with Crippen LogP contribution in [0.25, 0.3) is 0 Å². The molecule has 1 aromatic carbocycles. The standard InChI is InChI=1S/C12H13FN2O4S/c1-18-6-4-7(9(13)8(16)5-6)10(14)11(20-3)15-12(17)19-2/h4-5,14,16H,1-3H3/b14-10?,15-11-. The number of nitrogens with zero attached hydrogens (tertiary/aromatic N) is 1. The summed E-state index contributed by atoms with van der Waals surface area (Å²) in [6.07, 6.45) is 0.681. The number of methoxy groups -OCH3 is 2. The molecule has 0 fully saturated rings. The van der Waals surface area contributed by atoms with Crippen LogP contribution in [0, 0.1) is 11.2 Å². The highest BCUT2D eigenvalue weighted by Crippen LogP contribution is 2.27. The number of amides is 1. The molecule has 0 heterocycles. The number of hydrogen-bond donors (Lipinski definition) is 2. The van der Waals surface area contributed by atoms with E-state index in [0.717, 1.165) is 24.9 Å². The van der Waals surface area contributed by atoms with Crippen LogP contribution in [0.2, 0.25) is 0 Å². The number of nitrogens with one attached hydrogen (secondary N) is 1. The number of thioether (sulfide) groups is 1. The lowest BCUT2D eigenvalue weighted by Gasteiger charge is -2.10. The number of aliphatic imine (C=N–C) groups is 1. The number of carbonyl (C=O) groups is 1. The minimum Gasteiger partial charge on any atom is -0.505 e. The monoisotopic (exact) mass is 300 g/mol. The summed E-state index contributed by atoms with van der Waals surface area (Å²) in [5, 5.41) is 17.3. The van der Waals surface area contributed by atoms with Crippen molar-refractivity contribution in [2.45, 2.75) is 0 Å². The van der Waals surface area contributed by atoms with Crippen molar-refractivity contribution in [3.8, 4) is 11.5 Å². The van der Waals surface area contributed by atoms with Crippen LogP contribution in [0.3, 0.4) is 0 Å². The molecule has 1 amide bonds. The van der Waals surface area contributed by atoms with Gasteiger partial charge in [-0.1, -0.05) is 0 Å². The molecule has 108 valence electrons. The minimum absolute atomic E-state index is 0.0385. The predicted molar refractivity (Wildman–Crippen MR) is 74.8 cm³/mol. The first-order chi connectivity index (χ1) is 9.44. The second-order valence-electron chi connectivity index (χ2n) is 3.47. The van der Waals surface area contributed by atoms with Gasteiger partial charge in [-0.3, -0.25) is 5.41 Å². The van der Waals surface area contributed by atoms with Crippen LogP contribution in [-0.4, -0.2) is 42.4 Å². The number of hydrogen-bond acceptors (Lipinski definition) is 6. The number of rotatable bonds is 3. The normalized spacial score (nSPS) is 11.1. The minimum atomic E-state index is -0.984. The van der Waals surface area contributed by atoms with E-state index in [2.05, 4.69) is 9.73 Å². The van der Waals surface area contributed by atoms with Crippen molar-refractivity contribution in [1.29, 1.82) is 5.41 Å². The highest BCUT2D eigenvalue weighted by Gasteiger charge is 2.19. The van der Waals surface area contributed by atoms with E-state index in [1.807, 2.05) is 0 Å². The summed E-state index contributed by atoms with van der Waals surface area (Å²) in [6.45, 7) is 0. The number of halogens is 1. The summed E-state index contributed by atoms with van der Waals surface area (Å²) in [7, 11) is 2.49. The van der Waals surface area contributed by atoms with E-state index in [-0.39, 0.29) is 22.1 Å². The molecule has 0 saturated carbocycles. The lowest BCUT2D eigenvalue weighted by molar-refractivity contribution is 0.183. The zero-order valence-electron chi connectivity index (χ0n) is 11.1. The van der Waals surface area contributed by atoms with Gasteiger partial charge >= 0.3 is 6.09 Å². The van der Waals surface area contributed by atoms with Crippen LogP contribution in [0.4, 0.5) is 9.18 Å². The van der Waals surface area contributed by atoms with E-state index in [1.165, 1.54) is 13.2 Å². The van der Waals surface area contributed by atoms with Crippen LogP contribution < -0.4 is 4.74 Å². The van der Waals surface area contributed by atoms with E-state index in [1.54, 1.807) is 6.26 Å². The Balaban J connectivity index is 3.29. The number of aromatic hydroxyl groups is 1. The van der Waals surface area contributed by atoms with Gasteiger partial charge in [0.2, 0.25) is 0 Å². The summed E-state index contributed by atoms with van der Waals surface area (Å²) < 4.78 is 23.1. The molecule has 20 heavy (non-hydrogen) atoms. The van der Waals surface area contributed by atoms with E-state index in [4.69, 9.17) is 10.1 Å². The molecule has 8 heteroatoms. The fourth-order valence-corrected chi connectivity index (χ4v) is 1.81. The average molecular weight is 300 g/mol. The summed E-state index contributed by atoms with van der Waals surface area (Å²) in [4.78, 5) is 14.6. The Morgan fingerprint density at radius 1 is 1.45 bits per heavy atom. The molecule has 0 aliphatic rings. The van der Waals surface area contributed by atoms with Gasteiger partial charge in [0.25, 0.3) is 0 Å². The summed E-state index contributed by atoms with van der Waals surface area (Å²) >= 11 is 0.980. The van der Waals surface area contributed by atoms with Gasteiger partial charge in [-0.2, -0.15) is 4.99 Å².